The van der Waals surface area contributed by atoms with E-state index in [1.54, 1.807) is 16.4 Å². The van der Waals surface area contributed by atoms with Crippen molar-refractivity contribution in [3.63, 3.8) is 0 Å². The predicted molar refractivity (Wildman–Crippen MR) is 139 cm³/mol. The molecule has 0 atom stereocenters. The highest BCUT2D eigenvalue weighted by Crippen LogP contribution is 2.32. The molecule has 2 aromatic heterocycles. The number of rotatable bonds is 5. The molecule has 5 aromatic rings. The number of amides is 1. The molecular formula is C27H23N5O3S. The van der Waals surface area contributed by atoms with Gasteiger partial charge in [0.05, 0.1) is 18.1 Å². The Bertz CT molecular complexity index is 1680. The van der Waals surface area contributed by atoms with E-state index in [-0.39, 0.29) is 18.1 Å². The number of benzene rings is 3. The van der Waals surface area contributed by atoms with E-state index in [1.165, 1.54) is 16.4 Å². The monoisotopic (exact) mass is 497 g/mol. The molecule has 1 aliphatic heterocycles. The molecule has 0 aliphatic carbocycles. The summed E-state index contributed by atoms with van der Waals surface area (Å²) in [7, 11) is 1.62. The van der Waals surface area contributed by atoms with Crippen molar-refractivity contribution in [2.24, 2.45) is 0 Å². The third kappa shape index (κ3) is 3.91. The Morgan fingerprint density at radius 3 is 2.78 bits per heavy atom. The third-order valence-electron chi connectivity index (χ3n) is 6.33. The van der Waals surface area contributed by atoms with Gasteiger partial charge in [-0.05, 0) is 54.8 Å². The van der Waals surface area contributed by atoms with Crippen LogP contribution in [0.25, 0.3) is 16.7 Å². The molecule has 3 heterocycles. The largest absolute Gasteiger partial charge is 0.497 e. The second-order valence-electron chi connectivity index (χ2n) is 8.56. The van der Waals surface area contributed by atoms with Gasteiger partial charge in [-0.2, -0.15) is 0 Å². The molecule has 0 bridgehead atoms. The lowest BCUT2D eigenvalue weighted by molar-refractivity contribution is -0.119. The van der Waals surface area contributed by atoms with Gasteiger partial charge in [0.1, 0.15) is 17.3 Å². The van der Waals surface area contributed by atoms with Gasteiger partial charge in [0.15, 0.2) is 5.65 Å². The molecular weight excluding hydrogens is 474 g/mol. The van der Waals surface area contributed by atoms with Gasteiger partial charge in [-0.15, -0.1) is 5.10 Å². The number of fused-ring (bicyclic) bond motifs is 4. The van der Waals surface area contributed by atoms with Crippen LogP contribution in [0.15, 0.2) is 87.5 Å². The number of methoxy groups -OCH3 is 1. The van der Waals surface area contributed by atoms with E-state index in [1.807, 2.05) is 72.8 Å². The molecule has 8 nitrogen and oxygen atoms in total. The minimum Gasteiger partial charge on any atom is -0.497 e. The van der Waals surface area contributed by atoms with Crippen LogP contribution in [0.5, 0.6) is 5.75 Å². The predicted octanol–water partition coefficient (Wildman–Crippen LogP) is 4.18. The Labute approximate surface area is 211 Å². The van der Waals surface area contributed by atoms with E-state index in [0.717, 1.165) is 34.7 Å². The molecule has 3 aromatic carbocycles. The van der Waals surface area contributed by atoms with Gasteiger partial charge in [0, 0.05) is 17.1 Å². The summed E-state index contributed by atoms with van der Waals surface area (Å²) in [6.07, 6.45) is 1.83. The Hall–Kier alpha value is -4.11. The van der Waals surface area contributed by atoms with Crippen molar-refractivity contribution < 1.29 is 9.53 Å². The fraction of sp³-hybridized carbons (Fsp3) is 0.185. The molecule has 0 N–H and O–H groups in total. The molecule has 36 heavy (non-hydrogen) atoms. The Morgan fingerprint density at radius 1 is 1.06 bits per heavy atom. The van der Waals surface area contributed by atoms with Crippen LogP contribution in [0, 0.1) is 0 Å². The molecule has 0 saturated heterocycles. The van der Waals surface area contributed by atoms with Crippen LogP contribution >= 0.6 is 11.8 Å². The van der Waals surface area contributed by atoms with E-state index in [4.69, 9.17) is 9.72 Å². The van der Waals surface area contributed by atoms with Gasteiger partial charge in [-0.3, -0.25) is 4.79 Å². The first-order valence-corrected chi connectivity index (χ1v) is 12.5. The summed E-state index contributed by atoms with van der Waals surface area (Å²) in [6, 6.07) is 23.0. The van der Waals surface area contributed by atoms with Crippen molar-refractivity contribution in [2.75, 3.05) is 18.6 Å². The second-order valence-corrected chi connectivity index (χ2v) is 9.63. The fourth-order valence-electron chi connectivity index (χ4n) is 4.62. The summed E-state index contributed by atoms with van der Waals surface area (Å²) in [4.78, 5) is 34.4. The number of aromatic nitrogens is 4. The topological polar surface area (TPSA) is 81.7 Å². The normalized spacial score (nSPS) is 13.2. The maximum atomic E-state index is 13.5. The minimum absolute atomic E-state index is 0.146. The van der Waals surface area contributed by atoms with E-state index >= 15 is 0 Å². The quantitative estimate of drug-likeness (QED) is 0.362. The summed E-state index contributed by atoms with van der Waals surface area (Å²) >= 11 is 1.40. The highest BCUT2D eigenvalue weighted by atomic mass is 32.2. The fourth-order valence-corrected chi connectivity index (χ4v) is 5.54. The number of anilines is 1. The van der Waals surface area contributed by atoms with Gasteiger partial charge in [-0.25, -0.2) is 18.9 Å². The van der Waals surface area contributed by atoms with Crippen molar-refractivity contribution in [3.8, 4) is 5.75 Å². The Kier molecular flexibility index (Phi) is 5.69. The van der Waals surface area contributed by atoms with Crippen LogP contribution in [-0.2, 0) is 17.8 Å². The zero-order chi connectivity index (χ0) is 24.6. The van der Waals surface area contributed by atoms with Crippen molar-refractivity contribution in [1.29, 1.82) is 0 Å². The van der Waals surface area contributed by atoms with E-state index < -0.39 is 0 Å². The number of para-hydroxylation sites is 3. The van der Waals surface area contributed by atoms with E-state index in [9.17, 15) is 9.59 Å². The zero-order valence-corrected chi connectivity index (χ0v) is 20.4. The van der Waals surface area contributed by atoms with Gasteiger partial charge >= 0.3 is 5.69 Å². The number of hydrogen-bond donors (Lipinski definition) is 0. The average Bonchev–Trinajstić information content (AvgIpc) is 3.24. The van der Waals surface area contributed by atoms with Gasteiger partial charge in [0.2, 0.25) is 5.91 Å². The van der Waals surface area contributed by atoms with Crippen LogP contribution in [0.2, 0.25) is 0 Å². The highest BCUT2D eigenvalue weighted by Gasteiger charge is 2.24. The van der Waals surface area contributed by atoms with E-state index in [0.29, 0.717) is 28.3 Å². The van der Waals surface area contributed by atoms with E-state index in [2.05, 4.69) is 5.10 Å². The number of carbonyl (C=O) groups is 1. The molecule has 0 unspecified atom stereocenters. The smallest absolute Gasteiger partial charge is 0.351 e. The summed E-state index contributed by atoms with van der Waals surface area (Å²) in [5, 5.41) is 5.17. The van der Waals surface area contributed by atoms with Crippen molar-refractivity contribution in [2.45, 2.75) is 29.3 Å². The maximum Gasteiger partial charge on any atom is 0.351 e. The zero-order valence-electron chi connectivity index (χ0n) is 19.6. The Morgan fingerprint density at radius 2 is 1.89 bits per heavy atom. The third-order valence-corrected chi connectivity index (χ3v) is 7.28. The summed E-state index contributed by atoms with van der Waals surface area (Å²) in [5.41, 5.74) is 3.43. The lowest BCUT2D eigenvalue weighted by Crippen LogP contribution is -2.39. The lowest BCUT2D eigenvalue weighted by atomic mass is 10.0. The first kappa shape index (κ1) is 22.4. The number of ether oxygens (including phenoxy) is 1. The van der Waals surface area contributed by atoms with Crippen LogP contribution in [0.1, 0.15) is 12.0 Å². The molecule has 1 aliphatic rings. The summed E-state index contributed by atoms with van der Waals surface area (Å²) in [6.45, 7) is 0.478. The van der Waals surface area contributed by atoms with Gasteiger partial charge in [-0.1, -0.05) is 48.2 Å². The van der Waals surface area contributed by atoms with Gasteiger partial charge in [0.25, 0.3) is 0 Å². The van der Waals surface area contributed by atoms with Crippen LogP contribution in [0.4, 0.5) is 5.69 Å². The lowest BCUT2D eigenvalue weighted by Gasteiger charge is -2.29. The average molecular weight is 498 g/mol. The first-order valence-electron chi connectivity index (χ1n) is 11.7. The molecule has 0 radical (unpaired) electrons. The van der Waals surface area contributed by atoms with Crippen LogP contribution < -0.4 is 15.3 Å². The number of nitrogens with zero attached hydrogens (tertiary/aromatic N) is 5. The highest BCUT2D eigenvalue weighted by molar-refractivity contribution is 7.99. The molecule has 180 valence electrons. The number of carbonyl (C=O) groups excluding carboxylic acids is 1. The van der Waals surface area contributed by atoms with Crippen molar-refractivity contribution in [1.82, 2.24) is 19.2 Å². The Balaban J connectivity index is 1.43. The number of hydrogen-bond acceptors (Lipinski definition) is 6. The first-order chi connectivity index (χ1) is 17.6. The maximum absolute atomic E-state index is 13.5. The number of aryl methyl sites for hydroxylation is 1. The summed E-state index contributed by atoms with van der Waals surface area (Å²) < 4.78 is 8.14. The molecule has 0 fully saturated rings. The van der Waals surface area contributed by atoms with Gasteiger partial charge < -0.3 is 9.64 Å². The SMILES string of the molecule is COc1cccc(Sc2nc3ccccc3n3c(=O)n(CC(=O)N4CCCc5ccccc54)nc23)c1. The summed E-state index contributed by atoms with van der Waals surface area (Å²) in [5.74, 6) is 0.569. The molecule has 1 amide bonds. The van der Waals surface area contributed by atoms with Crippen LogP contribution in [-0.4, -0.2) is 38.7 Å². The molecule has 6 rings (SSSR count). The van der Waals surface area contributed by atoms with Crippen molar-refractivity contribution >= 4 is 40.0 Å². The second kappa shape index (κ2) is 9.16. The van der Waals surface area contributed by atoms with Crippen LogP contribution in [0.3, 0.4) is 0 Å². The minimum atomic E-state index is -0.366. The molecule has 0 spiro atoms. The standard InChI is InChI=1S/C27H23N5O3S/c1-35-19-10-6-11-20(16-19)36-26-25-29-31(27(34)32(25)23-14-5-3-12-21(23)28-26)17-24(33)30-15-7-9-18-8-2-4-13-22(18)30/h2-6,8,10-14,16H,7,9,15,17H2,1H3. The van der Waals surface area contributed by atoms with Crippen molar-refractivity contribution in [3.05, 3.63) is 88.8 Å². The molecule has 9 heteroatoms. The molecule has 0 saturated carbocycles.